The Morgan fingerprint density at radius 2 is 1.64 bits per heavy atom. The highest BCUT2D eigenvalue weighted by molar-refractivity contribution is 6.31. The largest absolute Gasteiger partial charge is 0.352 e. The summed E-state index contributed by atoms with van der Waals surface area (Å²) in [5.74, 6) is -0.150. The summed E-state index contributed by atoms with van der Waals surface area (Å²) in [7, 11) is 0. The predicted octanol–water partition coefficient (Wildman–Crippen LogP) is 6.29. The zero-order valence-corrected chi connectivity index (χ0v) is 21.7. The molecule has 5 heteroatoms. The van der Waals surface area contributed by atoms with Crippen molar-refractivity contribution in [3.8, 4) is 0 Å². The number of carbonyl (C=O) groups excluding carboxylic acids is 2. The summed E-state index contributed by atoms with van der Waals surface area (Å²) < 4.78 is 0. The maximum Gasteiger partial charge on any atom is 0.243 e. The van der Waals surface area contributed by atoms with Gasteiger partial charge in [-0.05, 0) is 54.4 Å². The van der Waals surface area contributed by atoms with Crippen molar-refractivity contribution >= 4 is 23.4 Å². The molecule has 0 aliphatic rings. The lowest BCUT2D eigenvalue weighted by molar-refractivity contribution is -0.141. The van der Waals surface area contributed by atoms with Gasteiger partial charge in [-0.1, -0.05) is 88.7 Å². The number of benzene rings is 2. The summed E-state index contributed by atoms with van der Waals surface area (Å²) in [6.45, 7) is 12.8. The Morgan fingerprint density at radius 1 is 1.00 bits per heavy atom. The van der Waals surface area contributed by atoms with Crippen LogP contribution in [-0.2, 0) is 28.0 Å². The van der Waals surface area contributed by atoms with Gasteiger partial charge in [-0.25, -0.2) is 0 Å². The third-order valence-corrected chi connectivity index (χ3v) is 6.50. The minimum Gasteiger partial charge on any atom is -0.352 e. The number of hydrogen-bond donors (Lipinski definition) is 1. The molecule has 33 heavy (non-hydrogen) atoms. The molecule has 0 saturated heterocycles. The Kier molecular flexibility index (Phi) is 9.97. The summed E-state index contributed by atoms with van der Waals surface area (Å²) in [6.07, 6.45) is 2.35. The van der Waals surface area contributed by atoms with E-state index in [1.165, 1.54) is 5.56 Å². The van der Waals surface area contributed by atoms with Crippen LogP contribution in [0.25, 0.3) is 0 Å². The second kappa shape index (κ2) is 12.2. The van der Waals surface area contributed by atoms with Crippen LogP contribution >= 0.6 is 11.6 Å². The van der Waals surface area contributed by atoms with Crippen molar-refractivity contribution in [2.75, 3.05) is 0 Å². The molecular weight excluding hydrogens is 432 g/mol. The molecule has 0 spiro atoms. The minimum atomic E-state index is -0.536. The average molecular weight is 471 g/mol. The van der Waals surface area contributed by atoms with Gasteiger partial charge >= 0.3 is 0 Å². The summed E-state index contributed by atoms with van der Waals surface area (Å²) in [6, 6.07) is 15.5. The Labute approximate surface area is 204 Å². The monoisotopic (exact) mass is 470 g/mol. The molecule has 2 atom stereocenters. The van der Waals surface area contributed by atoms with Gasteiger partial charge in [0.25, 0.3) is 0 Å². The summed E-state index contributed by atoms with van der Waals surface area (Å²) >= 11 is 6.39. The Bertz CT molecular complexity index is 918. The number of aryl methyl sites for hydroxylation is 1. The van der Waals surface area contributed by atoms with Crippen LogP contribution < -0.4 is 5.32 Å². The SMILES string of the molecule is CC[C@H](C(=O)N[C@@H](C)CC)N(Cc1ccccc1Cl)C(=O)CCc1ccc(C(C)(C)C)cc1. The van der Waals surface area contributed by atoms with Gasteiger partial charge in [0.1, 0.15) is 6.04 Å². The van der Waals surface area contributed by atoms with E-state index in [1.54, 1.807) is 4.90 Å². The van der Waals surface area contributed by atoms with E-state index in [0.29, 0.717) is 30.8 Å². The van der Waals surface area contributed by atoms with Gasteiger partial charge in [0.15, 0.2) is 0 Å². The molecule has 0 fully saturated rings. The summed E-state index contributed by atoms with van der Waals surface area (Å²) in [5.41, 5.74) is 3.32. The van der Waals surface area contributed by atoms with Gasteiger partial charge in [-0.2, -0.15) is 0 Å². The molecule has 180 valence electrons. The molecule has 2 amide bonds. The normalized spacial score (nSPS) is 13.3. The Morgan fingerprint density at radius 3 is 2.18 bits per heavy atom. The molecule has 2 rings (SSSR count). The van der Waals surface area contributed by atoms with Gasteiger partial charge in [0.2, 0.25) is 11.8 Å². The fourth-order valence-electron chi connectivity index (χ4n) is 3.74. The molecule has 0 unspecified atom stereocenters. The number of hydrogen-bond acceptors (Lipinski definition) is 2. The van der Waals surface area contributed by atoms with E-state index in [1.807, 2.05) is 45.0 Å². The van der Waals surface area contributed by atoms with Gasteiger partial charge in [-0.15, -0.1) is 0 Å². The minimum absolute atomic E-state index is 0.0408. The number of nitrogens with zero attached hydrogens (tertiary/aromatic N) is 1. The van der Waals surface area contributed by atoms with Crippen molar-refractivity contribution in [1.29, 1.82) is 0 Å². The topological polar surface area (TPSA) is 49.4 Å². The van der Waals surface area contributed by atoms with E-state index >= 15 is 0 Å². The number of amides is 2. The lowest BCUT2D eigenvalue weighted by Gasteiger charge is -2.32. The van der Waals surface area contributed by atoms with E-state index < -0.39 is 6.04 Å². The molecule has 1 N–H and O–H groups in total. The van der Waals surface area contributed by atoms with Crippen molar-refractivity contribution in [2.45, 2.75) is 91.3 Å². The fourth-order valence-corrected chi connectivity index (χ4v) is 3.93. The summed E-state index contributed by atoms with van der Waals surface area (Å²) in [4.78, 5) is 28.2. The van der Waals surface area contributed by atoms with Crippen LogP contribution in [0.3, 0.4) is 0 Å². The Balaban J connectivity index is 2.21. The van der Waals surface area contributed by atoms with E-state index in [0.717, 1.165) is 17.5 Å². The van der Waals surface area contributed by atoms with Gasteiger partial charge in [0, 0.05) is 24.0 Å². The standard InChI is InChI=1S/C28H39ClN2O2/c1-7-20(3)30-27(33)25(8-2)31(19-22-11-9-10-12-24(22)29)26(32)18-15-21-13-16-23(17-14-21)28(4,5)6/h9-14,16-17,20,25H,7-8,15,18-19H2,1-6H3,(H,30,33)/t20-,25+/m0/s1. The van der Waals surface area contributed by atoms with Crippen molar-refractivity contribution in [3.63, 3.8) is 0 Å². The molecule has 0 radical (unpaired) electrons. The van der Waals surface area contributed by atoms with Crippen LogP contribution in [0.1, 0.15) is 77.5 Å². The maximum atomic E-state index is 13.4. The van der Waals surface area contributed by atoms with Gasteiger partial charge < -0.3 is 10.2 Å². The van der Waals surface area contributed by atoms with Crippen LogP contribution in [0.4, 0.5) is 0 Å². The lowest BCUT2D eigenvalue weighted by Crippen LogP contribution is -2.50. The van der Waals surface area contributed by atoms with Gasteiger partial charge in [-0.3, -0.25) is 9.59 Å². The Hall–Kier alpha value is -2.33. The number of nitrogens with one attached hydrogen (secondary N) is 1. The number of rotatable bonds is 10. The van der Waals surface area contributed by atoms with E-state index in [4.69, 9.17) is 11.6 Å². The second-order valence-electron chi connectivity index (χ2n) is 9.80. The first-order chi connectivity index (χ1) is 15.6. The molecular formula is C28H39ClN2O2. The lowest BCUT2D eigenvalue weighted by atomic mass is 9.86. The first-order valence-electron chi connectivity index (χ1n) is 12.0. The second-order valence-corrected chi connectivity index (χ2v) is 10.2. The molecule has 4 nitrogen and oxygen atoms in total. The van der Waals surface area contributed by atoms with Crippen molar-refractivity contribution in [3.05, 3.63) is 70.2 Å². The van der Waals surface area contributed by atoms with Crippen LogP contribution in [0.2, 0.25) is 5.02 Å². The van der Waals surface area contributed by atoms with E-state index in [2.05, 4.69) is 50.4 Å². The van der Waals surface area contributed by atoms with Gasteiger partial charge in [0.05, 0.1) is 0 Å². The highest BCUT2D eigenvalue weighted by Gasteiger charge is 2.29. The first-order valence-corrected chi connectivity index (χ1v) is 12.4. The molecule has 0 saturated carbocycles. The van der Waals surface area contributed by atoms with Crippen molar-refractivity contribution in [2.24, 2.45) is 0 Å². The maximum absolute atomic E-state index is 13.4. The molecule has 0 bridgehead atoms. The van der Waals surface area contributed by atoms with Crippen molar-refractivity contribution < 1.29 is 9.59 Å². The zero-order chi connectivity index (χ0) is 24.6. The molecule has 0 aliphatic carbocycles. The average Bonchev–Trinajstić information content (AvgIpc) is 2.78. The third-order valence-electron chi connectivity index (χ3n) is 6.13. The highest BCUT2D eigenvalue weighted by atomic mass is 35.5. The van der Waals surface area contributed by atoms with Crippen LogP contribution in [0.5, 0.6) is 0 Å². The molecule has 2 aromatic carbocycles. The first kappa shape index (κ1) is 26.9. The van der Waals surface area contributed by atoms with E-state index in [9.17, 15) is 9.59 Å². The smallest absolute Gasteiger partial charge is 0.243 e. The number of halogens is 1. The molecule has 0 aromatic heterocycles. The quantitative estimate of drug-likeness (QED) is 0.443. The number of carbonyl (C=O) groups is 2. The fraction of sp³-hybridized carbons (Fsp3) is 0.500. The van der Waals surface area contributed by atoms with E-state index in [-0.39, 0.29) is 23.3 Å². The van der Waals surface area contributed by atoms with Crippen LogP contribution in [-0.4, -0.2) is 28.8 Å². The molecule has 0 heterocycles. The zero-order valence-electron chi connectivity index (χ0n) is 21.0. The molecule has 0 aliphatic heterocycles. The predicted molar refractivity (Wildman–Crippen MR) is 137 cm³/mol. The molecule has 2 aromatic rings. The highest BCUT2D eigenvalue weighted by Crippen LogP contribution is 2.23. The third kappa shape index (κ3) is 7.89. The summed E-state index contributed by atoms with van der Waals surface area (Å²) in [5, 5.41) is 3.65. The van der Waals surface area contributed by atoms with Crippen LogP contribution in [0, 0.1) is 0 Å². The van der Waals surface area contributed by atoms with Crippen LogP contribution in [0.15, 0.2) is 48.5 Å². The van der Waals surface area contributed by atoms with Crippen molar-refractivity contribution in [1.82, 2.24) is 10.2 Å².